The molecule has 0 saturated heterocycles. The summed E-state index contributed by atoms with van der Waals surface area (Å²) in [4.78, 5) is 0. The normalized spacial score (nSPS) is 25.2. The van der Waals surface area contributed by atoms with E-state index in [9.17, 15) is 0 Å². The van der Waals surface area contributed by atoms with Crippen molar-refractivity contribution < 1.29 is 4.42 Å². The topological polar surface area (TPSA) is 51.0 Å². The Kier molecular flexibility index (Phi) is 2.21. The molecule has 1 aliphatic rings. The molecule has 4 heteroatoms. The molecular weight excluding hydrogens is 178 g/mol. The smallest absolute Gasteiger partial charge is 0.315 e. The molecule has 1 unspecified atom stereocenters. The maximum atomic E-state index is 5.31. The van der Waals surface area contributed by atoms with Gasteiger partial charge in [0.2, 0.25) is 5.89 Å². The van der Waals surface area contributed by atoms with E-state index >= 15 is 0 Å². The fraction of sp³-hybridized carbons (Fsp3) is 0.800. The molecule has 2 rings (SSSR count). The van der Waals surface area contributed by atoms with Crippen LogP contribution in [0.3, 0.4) is 0 Å². The van der Waals surface area contributed by atoms with E-state index in [0.717, 1.165) is 0 Å². The van der Waals surface area contributed by atoms with E-state index in [2.05, 4.69) is 29.4 Å². The number of nitrogens with one attached hydrogen (secondary N) is 1. The molecule has 14 heavy (non-hydrogen) atoms. The van der Waals surface area contributed by atoms with Gasteiger partial charge in [0.05, 0.1) is 0 Å². The highest BCUT2D eigenvalue weighted by atomic mass is 16.4. The fourth-order valence-electron chi connectivity index (χ4n) is 2.10. The molecule has 0 aliphatic heterocycles. The predicted octanol–water partition coefficient (Wildman–Crippen LogP) is 2.37. The molecule has 1 N–H and O–H groups in total. The van der Waals surface area contributed by atoms with Gasteiger partial charge in [0.1, 0.15) is 0 Å². The van der Waals surface area contributed by atoms with Crippen molar-refractivity contribution in [2.45, 2.75) is 46.1 Å². The Labute approximate surface area is 84.1 Å². The minimum absolute atomic E-state index is 0.336. The average molecular weight is 195 g/mol. The molecule has 0 amide bonds. The Morgan fingerprint density at radius 3 is 2.71 bits per heavy atom. The van der Waals surface area contributed by atoms with Gasteiger partial charge in [-0.1, -0.05) is 25.4 Å². The number of hydrogen-bond donors (Lipinski definition) is 1. The van der Waals surface area contributed by atoms with E-state index in [-0.39, 0.29) is 0 Å². The molecule has 1 saturated carbocycles. The summed E-state index contributed by atoms with van der Waals surface area (Å²) in [6, 6.07) is 1.02. The van der Waals surface area contributed by atoms with Gasteiger partial charge in [-0.15, -0.1) is 5.10 Å². The standard InChI is InChI=1S/C10H17N3O/c1-7-12-13-9(14-7)11-8-5-4-6-10(8,2)3/h8H,4-6H2,1-3H3,(H,11,13). The van der Waals surface area contributed by atoms with E-state index in [0.29, 0.717) is 23.4 Å². The van der Waals surface area contributed by atoms with Crippen LogP contribution in [-0.4, -0.2) is 16.2 Å². The van der Waals surface area contributed by atoms with Crippen molar-refractivity contribution in [1.29, 1.82) is 0 Å². The minimum Gasteiger partial charge on any atom is -0.408 e. The zero-order valence-electron chi connectivity index (χ0n) is 9.00. The molecule has 1 aromatic heterocycles. The zero-order valence-corrected chi connectivity index (χ0v) is 9.00. The van der Waals surface area contributed by atoms with Crippen molar-refractivity contribution in [2.24, 2.45) is 5.41 Å². The SMILES string of the molecule is Cc1nnc(NC2CCCC2(C)C)o1. The molecule has 4 nitrogen and oxygen atoms in total. The van der Waals surface area contributed by atoms with Crippen LogP contribution in [0.1, 0.15) is 39.0 Å². The lowest BCUT2D eigenvalue weighted by Crippen LogP contribution is -2.30. The summed E-state index contributed by atoms with van der Waals surface area (Å²) < 4.78 is 5.31. The Morgan fingerprint density at radius 2 is 2.21 bits per heavy atom. The molecule has 1 heterocycles. The summed E-state index contributed by atoms with van der Waals surface area (Å²) in [7, 11) is 0. The lowest BCUT2D eigenvalue weighted by molar-refractivity contribution is 0.343. The van der Waals surface area contributed by atoms with Gasteiger partial charge in [0, 0.05) is 13.0 Å². The quantitative estimate of drug-likeness (QED) is 0.787. The molecule has 78 valence electrons. The first-order valence-corrected chi connectivity index (χ1v) is 5.14. The molecule has 1 aromatic rings. The highest BCUT2D eigenvalue weighted by molar-refractivity contribution is 5.22. The van der Waals surface area contributed by atoms with Crippen LogP contribution < -0.4 is 5.32 Å². The van der Waals surface area contributed by atoms with E-state index < -0.39 is 0 Å². The molecule has 0 radical (unpaired) electrons. The zero-order chi connectivity index (χ0) is 10.2. The van der Waals surface area contributed by atoms with E-state index in [1.807, 2.05) is 0 Å². The molecule has 1 fully saturated rings. The third-order valence-electron chi connectivity index (χ3n) is 3.08. The Bertz CT molecular complexity index is 319. The average Bonchev–Trinajstić information content (AvgIpc) is 2.61. The lowest BCUT2D eigenvalue weighted by Gasteiger charge is -2.26. The molecule has 0 spiro atoms. The summed E-state index contributed by atoms with van der Waals surface area (Å²) >= 11 is 0. The highest BCUT2D eigenvalue weighted by Crippen LogP contribution is 2.38. The third kappa shape index (κ3) is 1.74. The van der Waals surface area contributed by atoms with Crippen LogP contribution in [-0.2, 0) is 0 Å². The molecule has 0 aromatic carbocycles. The maximum absolute atomic E-state index is 5.31. The number of aromatic nitrogens is 2. The molecule has 1 atom stereocenters. The van der Waals surface area contributed by atoms with Gasteiger partial charge in [-0.2, -0.15) is 0 Å². The second-order valence-electron chi connectivity index (χ2n) is 4.70. The summed E-state index contributed by atoms with van der Waals surface area (Å²) in [5.41, 5.74) is 0.336. The highest BCUT2D eigenvalue weighted by Gasteiger charge is 2.35. The molecular formula is C10H17N3O. The molecule has 1 aliphatic carbocycles. The van der Waals surface area contributed by atoms with Crippen LogP contribution in [0.5, 0.6) is 0 Å². The largest absolute Gasteiger partial charge is 0.408 e. The lowest BCUT2D eigenvalue weighted by atomic mass is 9.87. The summed E-state index contributed by atoms with van der Waals surface area (Å²) in [5, 5.41) is 11.1. The Balaban J connectivity index is 2.04. The van der Waals surface area contributed by atoms with Crippen LogP contribution in [0.4, 0.5) is 6.01 Å². The first-order valence-electron chi connectivity index (χ1n) is 5.14. The van der Waals surface area contributed by atoms with Gasteiger partial charge in [0.25, 0.3) is 0 Å². The number of rotatable bonds is 2. The van der Waals surface area contributed by atoms with E-state index in [1.54, 1.807) is 6.92 Å². The van der Waals surface area contributed by atoms with Crippen LogP contribution >= 0.6 is 0 Å². The van der Waals surface area contributed by atoms with Crippen molar-refractivity contribution in [1.82, 2.24) is 10.2 Å². The summed E-state index contributed by atoms with van der Waals surface area (Å²) in [6.45, 7) is 6.36. The second-order valence-corrected chi connectivity index (χ2v) is 4.70. The number of nitrogens with zero attached hydrogens (tertiary/aromatic N) is 2. The first-order chi connectivity index (χ1) is 6.58. The first kappa shape index (κ1) is 9.49. The maximum Gasteiger partial charge on any atom is 0.315 e. The van der Waals surface area contributed by atoms with Crippen molar-refractivity contribution in [3.8, 4) is 0 Å². The second kappa shape index (κ2) is 3.26. The Morgan fingerprint density at radius 1 is 1.43 bits per heavy atom. The fourth-order valence-corrected chi connectivity index (χ4v) is 2.10. The van der Waals surface area contributed by atoms with Gasteiger partial charge in [-0.05, 0) is 18.3 Å². The van der Waals surface area contributed by atoms with Gasteiger partial charge in [-0.25, -0.2) is 0 Å². The van der Waals surface area contributed by atoms with E-state index in [1.165, 1.54) is 19.3 Å². The van der Waals surface area contributed by atoms with Gasteiger partial charge in [0.15, 0.2) is 0 Å². The molecule has 0 bridgehead atoms. The monoisotopic (exact) mass is 195 g/mol. The van der Waals surface area contributed by atoms with Crippen LogP contribution in [0.2, 0.25) is 0 Å². The van der Waals surface area contributed by atoms with Crippen molar-refractivity contribution >= 4 is 6.01 Å². The van der Waals surface area contributed by atoms with Gasteiger partial charge in [-0.3, -0.25) is 0 Å². The van der Waals surface area contributed by atoms with Gasteiger partial charge >= 0.3 is 6.01 Å². The number of anilines is 1. The van der Waals surface area contributed by atoms with Crippen LogP contribution in [0, 0.1) is 12.3 Å². The Hall–Kier alpha value is -1.06. The van der Waals surface area contributed by atoms with Crippen molar-refractivity contribution in [3.05, 3.63) is 5.89 Å². The van der Waals surface area contributed by atoms with Crippen LogP contribution in [0.15, 0.2) is 4.42 Å². The van der Waals surface area contributed by atoms with Gasteiger partial charge < -0.3 is 9.73 Å². The summed E-state index contributed by atoms with van der Waals surface area (Å²) in [5.74, 6) is 0.614. The number of aryl methyl sites for hydroxylation is 1. The minimum atomic E-state index is 0.336. The third-order valence-corrected chi connectivity index (χ3v) is 3.08. The van der Waals surface area contributed by atoms with Crippen molar-refractivity contribution in [2.75, 3.05) is 5.32 Å². The number of hydrogen-bond acceptors (Lipinski definition) is 4. The predicted molar refractivity (Wildman–Crippen MR) is 54.1 cm³/mol. The van der Waals surface area contributed by atoms with Crippen molar-refractivity contribution in [3.63, 3.8) is 0 Å². The summed E-state index contributed by atoms with van der Waals surface area (Å²) in [6.07, 6.45) is 3.73. The van der Waals surface area contributed by atoms with Crippen LogP contribution in [0.25, 0.3) is 0 Å². The van der Waals surface area contributed by atoms with E-state index in [4.69, 9.17) is 4.42 Å².